The highest BCUT2D eigenvalue weighted by molar-refractivity contribution is 6.05. The number of nitrogens with zero attached hydrogens (tertiary/aromatic N) is 1. The third kappa shape index (κ3) is 1.54. The van der Waals surface area contributed by atoms with Crippen molar-refractivity contribution in [1.29, 1.82) is 0 Å². The Bertz CT molecular complexity index is 658. The van der Waals surface area contributed by atoms with Gasteiger partial charge in [0.25, 0.3) is 0 Å². The summed E-state index contributed by atoms with van der Waals surface area (Å²) >= 11 is 0. The lowest BCUT2D eigenvalue weighted by Crippen LogP contribution is -1.97. The number of aryl methyl sites for hydroxylation is 2. The summed E-state index contributed by atoms with van der Waals surface area (Å²) in [6, 6.07) is 1.74. The number of fused-ring (bicyclic) bond motifs is 1. The van der Waals surface area contributed by atoms with Crippen molar-refractivity contribution in [3.8, 4) is 5.75 Å². The zero-order valence-corrected chi connectivity index (χ0v) is 10.2. The second kappa shape index (κ2) is 4.14. The van der Waals surface area contributed by atoms with E-state index in [1.165, 1.54) is 7.11 Å². The van der Waals surface area contributed by atoms with E-state index in [0.29, 0.717) is 34.0 Å². The molecule has 0 saturated heterocycles. The van der Waals surface area contributed by atoms with Crippen LogP contribution in [-0.4, -0.2) is 23.3 Å². The number of carbonyl (C=O) groups excluding carboxylic acids is 1. The first-order valence-electron chi connectivity index (χ1n) is 5.30. The Kier molecular flexibility index (Phi) is 2.78. The second-order valence-electron chi connectivity index (χ2n) is 4.04. The first-order chi connectivity index (χ1) is 8.51. The highest BCUT2D eigenvalue weighted by Gasteiger charge is 2.26. The van der Waals surface area contributed by atoms with Crippen LogP contribution in [0.1, 0.15) is 21.6 Å². The van der Waals surface area contributed by atoms with Crippen molar-refractivity contribution in [2.24, 2.45) is 0 Å². The van der Waals surface area contributed by atoms with E-state index in [9.17, 15) is 14.9 Å². The Balaban J connectivity index is 3.03. The number of ether oxygens (including phenoxy) is 1. The summed E-state index contributed by atoms with van der Waals surface area (Å²) in [5, 5.41) is 11.5. The highest BCUT2D eigenvalue weighted by Crippen LogP contribution is 2.40. The molecular weight excluding hydrogens is 236 g/mol. The van der Waals surface area contributed by atoms with Gasteiger partial charge >= 0.3 is 5.69 Å². The summed E-state index contributed by atoms with van der Waals surface area (Å²) in [5.74, 6) is 0.189. The summed E-state index contributed by atoms with van der Waals surface area (Å²) in [6.07, 6.45) is 0.621. The molecule has 1 aromatic carbocycles. The SMILES string of the molecule is COc1c(C)cc2[nH]c(C)c(C=O)c2c1[N+](=O)[O-]. The zero-order chi connectivity index (χ0) is 13.4. The minimum atomic E-state index is -0.519. The van der Waals surface area contributed by atoms with Gasteiger partial charge in [0.1, 0.15) is 0 Å². The summed E-state index contributed by atoms with van der Waals surface area (Å²) in [6.45, 7) is 3.43. The number of aldehydes is 1. The third-order valence-electron chi connectivity index (χ3n) is 2.94. The van der Waals surface area contributed by atoms with Crippen LogP contribution in [0, 0.1) is 24.0 Å². The minimum absolute atomic E-state index is 0.168. The van der Waals surface area contributed by atoms with Gasteiger partial charge < -0.3 is 9.72 Å². The predicted octanol–water partition coefficient (Wildman–Crippen LogP) is 2.51. The van der Waals surface area contributed by atoms with Gasteiger partial charge in [-0.3, -0.25) is 14.9 Å². The first kappa shape index (κ1) is 12.1. The van der Waals surface area contributed by atoms with E-state index >= 15 is 0 Å². The van der Waals surface area contributed by atoms with E-state index in [1.54, 1.807) is 19.9 Å². The Morgan fingerprint density at radius 2 is 2.11 bits per heavy atom. The molecule has 0 aliphatic heterocycles. The number of methoxy groups -OCH3 is 1. The topological polar surface area (TPSA) is 85.2 Å². The van der Waals surface area contributed by atoms with Gasteiger partial charge in [-0.2, -0.15) is 0 Å². The van der Waals surface area contributed by atoms with Crippen molar-refractivity contribution in [2.45, 2.75) is 13.8 Å². The van der Waals surface area contributed by atoms with E-state index in [0.717, 1.165) is 0 Å². The number of aromatic nitrogens is 1. The lowest BCUT2D eigenvalue weighted by atomic mass is 10.1. The van der Waals surface area contributed by atoms with Crippen LogP contribution in [0.15, 0.2) is 6.07 Å². The van der Waals surface area contributed by atoms with Gasteiger partial charge in [-0.15, -0.1) is 0 Å². The lowest BCUT2D eigenvalue weighted by Gasteiger charge is -2.06. The average molecular weight is 248 g/mol. The van der Waals surface area contributed by atoms with Crippen LogP contribution in [0.5, 0.6) is 5.75 Å². The molecular formula is C12H12N2O4. The maximum atomic E-state index is 11.2. The van der Waals surface area contributed by atoms with E-state index in [4.69, 9.17) is 4.74 Å². The molecule has 0 atom stereocenters. The van der Waals surface area contributed by atoms with E-state index < -0.39 is 4.92 Å². The minimum Gasteiger partial charge on any atom is -0.490 e. The first-order valence-corrected chi connectivity index (χ1v) is 5.30. The quantitative estimate of drug-likeness (QED) is 0.513. The number of nitrogens with one attached hydrogen (secondary N) is 1. The Hall–Kier alpha value is -2.37. The summed E-state index contributed by atoms with van der Waals surface area (Å²) in [5.41, 5.74) is 1.96. The number of H-pyrrole nitrogens is 1. The Labute approximate surface area is 103 Å². The molecule has 0 bridgehead atoms. The van der Waals surface area contributed by atoms with Gasteiger partial charge in [-0.25, -0.2) is 0 Å². The number of nitro benzene ring substituents is 1. The fraction of sp³-hybridized carbons (Fsp3) is 0.250. The molecule has 1 aromatic heterocycles. The number of benzene rings is 1. The zero-order valence-electron chi connectivity index (χ0n) is 10.2. The van der Waals surface area contributed by atoms with E-state index in [2.05, 4.69) is 4.98 Å². The van der Waals surface area contributed by atoms with Crippen molar-refractivity contribution >= 4 is 22.9 Å². The van der Waals surface area contributed by atoms with Crippen molar-refractivity contribution < 1.29 is 14.5 Å². The largest absolute Gasteiger partial charge is 0.490 e. The second-order valence-corrected chi connectivity index (χ2v) is 4.04. The summed E-state index contributed by atoms with van der Waals surface area (Å²) < 4.78 is 5.08. The molecule has 6 heteroatoms. The molecule has 2 aromatic rings. The number of hydrogen-bond donors (Lipinski definition) is 1. The molecule has 18 heavy (non-hydrogen) atoms. The molecule has 0 radical (unpaired) electrons. The molecule has 1 N–H and O–H groups in total. The van der Waals surface area contributed by atoms with Crippen LogP contribution in [-0.2, 0) is 0 Å². The van der Waals surface area contributed by atoms with Crippen molar-refractivity contribution in [1.82, 2.24) is 4.98 Å². The normalized spacial score (nSPS) is 10.6. The molecule has 0 spiro atoms. The monoisotopic (exact) mass is 248 g/mol. The summed E-state index contributed by atoms with van der Waals surface area (Å²) in [4.78, 5) is 24.8. The average Bonchev–Trinajstić information content (AvgIpc) is 2.61. The number of rotatable bonds is 3. The molecule has 2 rings (SSSR count). The van der Waals surface area contributed by atoms with Crippen LogP contribution >= 0.6 is 0 Å². The maximum Gasteiger partial charge on any atom is 0.321 e. The van der Waals surface area contributed by atoms with Crippen molar-refractivity contribution in [3.05, 3.63) is 33.0 Å². The molecule has 1 heterocycles. The van der Waals surface area contributed by atoms with Gasteiger partial charge in [-0.05, 0) is 19.9 Å². The number of nitro groups is 1. The molecule has 6 nitrogen and oxygen atoms in total. The fourth-order valence-corrected chi connectivity index (χ4v) is 2.19. The van der Waals surface area contributed by atoms with E-state index in [-0.39, 0.29) is 11.4 Å². The molecule has 0 aliphatic rings. The van der Waals surface area contributed by atoms with Gasteiger partial charge in [0, 0.05) is 16.8 Å². The number of hydrogen-bond acceptors (Lipinski definition) is 4. The van der Waals surface area contributed by atoms with Gasteiger partial charge in [-0.1, -0.05) is 0 Å². The standard InChI is InChI=1S/C12H12N2O4/c1-6-4-9-10(8(5-15)7(2)13-9)11(14(16)17)12(6)18-3/h4-5,13H,1-3H3. The molecule has 0 aliphatic carbocycles. The Morgan fingerprint density at radius 3 is 2.61 bits per heavy atom. The van der Waals surface area contributed by atoms with Crippen LogP contribution < -0.4 is 4.74 Å². The molecule has 0 unspecified atom stereocenters. The van der Waals surface area contributed by atoms with Crippen molar-refractivity contribution in [3.63, 3.8) is 0 Å². The molecule has 0 saturated carbocycles. The fourth-order valence-electron chi connectivity index (χ4n) is 2.19. The van der Waals surface area contributed by atoms with Crippen LogP contribution in [0.4, 0.5) is 5.69 Å². The lowest BCUT2D eigenvalue weighted by molar-refractivity contribution is -0.384. The van der Waals surface area contributed by atoms with Crippen molar-refractivity contribution in [2.75, 3.05) is 7.11 Å². The number of carbonyl (C=O) groups is 1. The predicted molar refractivity (Wildman–Crippen MR) is 66.4 cm³/mol. The summed E-state index contributed by atoms with van der Waals surface area (Å²) in [7, 11) is 1.38. The van der Waals surface area contributed by atoms with Crippen LogP contribution in [0.2, 0.25) is 0 Å². The van der Waals surface area contributed by atoms with Gasteiger partial charge in [0.15, 0.2) is 6.29 Å². The molecule has 0 amide bonds. The third-order valence-corrected chi connectivity index (χ3v) is 2.94. The molecule has 0 fully saturated rings. The number of aromatic amines is 1. The molecule has 94 valence electrons. The van der Waals surface area contributed by atoms with Crippen LogP contribution in [0.25, 0.3) is 10.9 Å². The highest BCUT2D eigenvalue weighted by atomic mass is 16.6. The van der Waals surface area contributed by atoms with E-state index in [1.807, 2.05) is 0 Å². The smallest absolute Gasteiger partial charge is 0.321 e. The van der Waals surface area contributed by atoms with Crippen LogP contribution in [0.3, 0.4) is 0 Å². The van der Waals surface area contributed by atoms with Gasteiger partial charge in [0.2, 0.25) is 5.75 Å². The Morgan fingerprint density at radius 1 is 1.44 bits per heavy atom. The maximum absolute atomic E-state index is 11.2. The van der Waals surface area contributed by atoms with Gasteiger partial charge in [0.05, 0.1) is 22.9 Å².